The van der Waals surface area contributed by atoms with Crippen molar-refractivity contribution in [2.75, 3.05) is 13.1 Å². The summed E-state index contributed by atoms with van der Waals surface area (Å²) in [4.78, 5) is 2.27. The second-order valence-corrected chi connectivity index (χ2v) is 5.78. The first-order valence-electron chi connectivity index (χ1n) is 6.99. The fourth-order valence-corrected chi connectivity index (χ4v) is 3.58. The van der Waals surface area contributed by atoms with Crippen LogP contribution in [0.1, 0.15) is 31.2 Å². The summed E-state index contributed by atoms with van der Waals surface area (Å²) in [6, 6.07) is 3.94. The van der Waals surface area contributed by atoms with Crippen molar-refractivity contribution < 1.29 is 13.9 Å². The molecular weight excluding hydrogens is 248 g/mol. The smallest absolute Gasteiger partial charge is 0.129 e. The Balaban J connectivity index is 1.86. The van der Waals surface area contributed by atoms with E-state index in [4.69, 9.17) is 0 Å². The normalized spacial score (nSPS) is 31.4. The second-order valence-electron chi connectivity index (χ2n) is 5.78. The summed E-state index contributed by atoms with van der Waals surface area (Å²) < 4.78 is 27.5. The Morgan fingerprint density at radius 3 is 2.68 bits per heavy atom. The minimum Gasteiger partial charge on any atom is -0.388 e. The fraction of sp³-hybridized carbons (Fsp3) is 0.600. The molecule has 2 aliphatic rings. The zero-order chi connectivity index (χ0) is 13.5. The molecule has 1 aromatic carbocycles. The molecule has 2 saturated heterocycles. The van der Waals surface area contributed by atoms with Crippen LogP contribution in [0, 0.1) is 11.6 Å². The van der Waals surface area contributed by atoms with Crippen molar-refractivity contribution in [2.24, 2.45) is 0 Å². The van der Waals surface area contributed by atoms with E-state index < -0.39 is 17.2 Å². The molecule has 104 valence electrons. The summed E-state index contributed by atoms with van der Waals surface area (Å²) in [5.41, 5.74) is -0.957. The number of fused-ring (bicyclic) bond motifs is 1. The van der Waals surface area contributed by atoms with Crippen LogP contribution >= 0.6 is 0 Å². The number of piperidine rings is 1. The molecule has 0 spiro atoms. The number of halogens is 2. The zero-order valence-electron chi connectivity index (χ0n) is 10.9. The lowest BCUT2D eigenvalue weighted by Gasteiger charge is -2.37. The Hall–Kier alpha value is -1.00. The number of hydrogen-bond acceptors (Lipinski definition) is 2. The molecule has 3 rings (SSSR count). The molecule has 4 heteroatoms. The van der Waals surface area contributed by atoms with Gasteiger partial charge in [-0.25, -0.2) is 8.78 Å². The van der Waals surface area contributed by atoms with Crippen molar-refractivity contribution in [1.82, 2.24) is 4.90 Å². The van der Waals surface area contributed by atoms with Crippen molar-refractivity contribution >= 4 is 0 Å². The summed E-state index contributed by atoms with van der Waals surface area (Å²) in [5, 5.41) is 10.8. The maximum atomic E-state index is 13.7. The van der Waals surface area contributed by atoms with Gasteiger partial charge in [-0.15, -0.1) is 0 Å². The highest BCUT2D eigenvalue weighted by atomic mass is 19.1. The summed E-state index contributed by atoms with van der Waals surface area (Å²) in [5.74, 6) is -1.11. The molecule has 1 aromatic rings. The topological polar surface area (TPSA) is 23.5 Å². The molecule has 2 atom stereocenters. The van der Waals surface area contributed by atoms with E-state index >= 15 is 0 Å². The second kappa shape index (κ2) is 4.84. The molecule has 0 bridgehead atoms. The molecule has 2 aliphatic heterocycles. The first-order chi connectivity index (χ1) is 9.10. The summed E-state index contributed by atoms with van der Waals surface area (Å²) >= 11 is 0. The van der Waals surface area contributed by atoms with E-state index in [0.29, 0.717) is 6.42 Å². The monoisotopic (exact) mass is 267 g/mol. The van der Waals surface area contributed by atoms with E-state index in [1.807, 2.05) is 0 Å². The van der Waals surface area contributed by atoms with Crippen molar-refractivity contribution in [1.29, 1.82) is 0 Å². The van der Waals surface area contributed by atoms with Crippen molar-refractivity contribution in [3.8, 4) is 0 Å². The van der Waals surface area contributed by atoms with E-state index in [9.17, 15) is 13.9 Å². The number of nitrogens with zero attached hydrogens (tertiary/aromatic N) is 1. The van der Waals surface area contributed by atoms with Gasteiger partial charge in [0.15, 0.2) is 0 Å². The maximum Gasteiger partial charge on any atom is 0.129 e. The van der Waals surface area contributed by atoms with E-state index in [1.165, 1.54) is 18.2 Å². The molecule has 0 saturated carbocycles. The standard InChI is InChI=1S/C15H19F2NO/c16-12-4-3-5-13(17)11(12)10-15(19)7-9-18-8-2-1-6-14(15)18/h3-5,14,19H,1-2,6-10H2. The summed E-state index contributed by atoms with van der Waals surface area (Å²) in [6.45, 7) is 1.82. The van der Waals surface area contributed by atoms with E-state index in [1.54, 1.807) is 0 Å². The number of hydrogen-bond donors (Lipinski definition) is 1. The van der Waals surface area contributed by atoms with Crippen LogP contribution in [0.5, 0.6) is 0 Å². The lowest BCUT2D eigenvalue weighted by molar-refractivity contribution is -0.0101. The Kier molecular flexibility index (Phi) is 3.31. The lowest BCUT2D eigenvalue weighted by atomic mass is 9.83. The van der Waals surface area contributed by atoms with Gasteiger partial charge in [-0.3, -0.25) is 4.90 Å². The SMILES string of the molecule is OC1(Cc2c(F)cccc2F)CCN2CCCCC21. The average Bonchev–Trinajstić information content (AvgIpc) is 2.73. The van der Waals surface area contributed by atoms with E-state index in [0.717, 1.165) is 32.4 Å². The molecule has 0 aromatic heterocycles. The predicted octanol–water partition coefficient (Wildman–Crippen LogP) is 2.50. The minimum absolute atomic E-state index is 0.0254. The van der Waals surface area contributed by atoms with Crippen LogP contribution in [0.3, 0.4) is 0 Å². The molecule has 1 N–H and O–H groups in total. The first-order valence-corrected chi connectivity index (χ1v) is 6.99. The van der Waals surface area contributed by atoms with Gasteiger partial charge in [0.2, 0.25) is 0 Å². The zero-order valence-corrected chi connectivity index (χ0v) is 10.9. The van der Waals surface area contributed by atoms with Gasteiger partial charge in [-0.05, 0) is 37.9 Å². The Labute approximate surface area is 112 Å². The molecule has 0 aliphatic carbocycles. The third-order valence-electron chi connectivity index (χ3n) is 4.61. The highest BCUT2D eigenvalue weighted by Crippen LogP contribution is 2.38. The molecular formula is C15H19F2NO. The molecule has 0 radical (unpaired) electrons. The Morgan fingerprint density at radius 1 is 1.21 bits per heavy atom. The fourth-order valence-electron chi connectivity index (χ4n) is 3.58. The van der Waals surface area contributed by atoms with Gasteiger partial charge in [0.25, 0.3) is 0 Å². The quantitative estimate of drug-likeness (QED) is 0.890. The van der Waals surface area contributed by atoms with Gasteiger partial charge >= 0.3 is 0 Å². The highest BCUT2D eigenvalue weighted by molar-refractivity contribution is 5.23. The molecule has 19 heavy (non-hydrogen) atoms. The van der Waals surface area contributed by atoms with Crippen LogP contribution in [-0.4, -0.2) is 34.7 Å². The largest absolute Gasteiger partial charge is 0.388 e. The highest BCUT2D eigenvalue weighted by Gasteiger charge is 2.47. The number of benzene rings is 1. The lowest BCUT2D eigenvalue weighted by Crippen LogP contribution is -2.48. The van der Waals surface area contributed by atoms with Crippen LogP contribution < -0.4 is 0 Å². The van der Waals surface area contributed by atoms with Gasteiger partial charge < -0.3 is 5.11 Å². The molecule has 2 heterocycles. The van der Waals surface area contributed by atoms with Gasteiger partial charge in [0, 0.05) is 24.6 Å². The summed E-state index contributed by atoms with van der Waals surface area (Å²) in [6.07, 6.45) is 3.84. The molecule has 2 unspecified atom stereocenters. The summed E-state index contributed by atoms with van der Waals surface area (Å²) in [7, 11) is 0. The van der Waals surface area contributed by atoms with Crippen LogP contribution in [0.4, 0.5) is 8.78 Å². The van der Waals surface area contributed by atoms with Gasteiger partial charge in [0.05, 0.1) is 5.60 Å². The van der Waals surface area contributed by atoms with Crippen molar-refractivity contribution in [3.63, 3.8) is 0 Å². The van der Waals surface area contributed by atoms with E-state index in [-0.39, 0.29) is 18.0 Å². The van der Waals surface area contributed by atoms with Crippen LogP contribution in [-0.2, 0) is 6.42 Å². The Morgan fingerprint density at radius 2 is 1.95 bits per heavy atom. The molecule has 2 fully saturated rings. The minimum atomic E-state index is -0.983. The van der Waals surface area contributed by atoms with E-state index in [2.05, 4.69) is 4.90 Å². The predicted molar refractivity (Wildman–Crippen MR) is 68.8 cm³/mol. The molecule has 0 amide bonds. The third-order valence-corrected chi connectivity index (χ3v) is 4.61. The number of rotatable bonds is 2. The molecule has 2 nitrogen and oxygen atoms in total. The first kappa shape index (κ1) is 13.0. The number of aliphatic hydroxyl groups is 1. The van der Waals surface area contributed by atoms with Crippen LogP contribution in [0.15, 0.2) is 18.2 Å². The Bertz CT molecular complexity index is 459. The maximum absolute atomic E-state index is 13.7. The van der Waals surface area contributed by atoms with Gasteiger partial charge in [-0.1, -0.05) is 12.5 Å². The van der Waals surface area contributed by atoms with Crippen LogP contribution in [0.25, 0.3) is 0 Å². The van der Waals surface area contributed by atoms with Gasteiger partial charge in [0.1, 0.15) is 11.6 Å². The van der Waals surface area contributed by atoms with Crippen LogP contribution in [0.2, 0.25) is 0 Å². The van der Waals surface area contributed by atoms with Crippen molar-refractivity contribution in [3.05, 3.63) is 35.4 Å². The van der Waals surface area contributed by atoms with Gasteiger partial charge in [-0.2, -0.15) is 0 Å². The third kappa shape index (κ3) is 2.28. The van der Waals surface area contributed by atoms with Crippen molar-refractivity contribution in [2.45, 2.75) is 43.7 Å². The average molecular weight is 267 g/mol.